The highest BCUT2D eigenvalue weighted by molar-refractivity contribution is 6.17. The molecule has 0 saturated carbocycles. The monoisotopic (exact) mass is 311 g/mol. The molecule has 0 atom stereocenters. The Balaban J connectivity index is 2.29. The fourth-order valence-corrected chi connectivity index (χ4v) is 3.04. The lowest BCUT2D eigenvalue weighted by Crippen LogP contribution is -2.28. The van der Waals surface area contributed by atoms with Gasteiger partial charge in [0, 0.05) is 32.4 Å². The molecule has 0 radical (unpaired) electrons. The van der Waals surface area contributed by atoms with Crippen LogP contribution in [0.25, 0.3) is 11.2 Å². The van der Waals surface area contributed by atoms with E-state index in [0.717, 1.165) is 55.3 Å². The summed E-state index contributed by atoms with van der Waals surface area (Å²) in [6.07, 6.45) is 1.99. The summed E-state index contributed by atoms with van der Waals surface area (Å²) in [5, 5.41) is 4.48. The number of aromatic nitrogens is 4. The van der Waals surface area contributed by atoms with Gasteiger partial charge >= 0.3 is 0 Å². The largest absolute Gasteiger partial charge is 0.312 e. The molecule has 0 amide bonds. The van der Waals surface area contributed by atoms with Crippen molar-refractivity contribution in [3.63, 3.8) is 0 Å². The molecule has 6 heteroatoms. The summed E-state index contributed by atoms with van der Waals surface area (Å²) in [4.78, 5) is 7.22. The van der Waals surface area contributed by atoms with E-state index in [4.69, 9.17) is 16.6 Å². The zero-order valence-corrected chi connectivity index (χ0v) is 14.3. The minimum absolute atomic E-state index is 0.599. The first kappa shape index (κ1) is 16.3. The predicted octanol–water partition coefficient (Wildman–Crippen LogP) is 2.59. The molecular weight excluding hydrogens is 286 g/mol. The van der Waals surface area contributed by atoms with Gasteiger partial charge in [-0.1, -0.05) is 13.8 Å². The van der Waals surface area contributed by atoms with Crippen molar-refractivity contribution in [2.45, 2.75) is 40.2 Å². The number of nitrogens with zero attached hydrogens (tertiary/aromatic N) is 5. The minimum atomic E-state index is 0.599. The summed E-state index contributed by atoms with van der Waals surface area (Å²) in [6.45, 7) is 10.7. The summed E-state index contributed by atoms with van der Waals surface area (Å²) in [7, 11) is 1.99. The van der Waals surface area contributed by atoms with Gasteiger partial charge in [0.25, 0.3) is 0 Å². The third kappa shape index (κ3) is 3.40. The Bertz CT molecular complexity index is 586. The molecule has 5 nitrogen and oxygen atoms in total. The van der Waals surface area contributed by atoms with E-state index in [1.807, 2.05) is 18.7 Å². The smallest absolute Gasteiger partial charge is 0.158 e. The van der Waals surface area contributed by atoms with Gasteiger partial charge in [-0.3, -0.25) is 4.68 Å². The maximum Gasteiger partial charge on any atom is 0.158 e. The van der Waals surface area contributed by atoms with Crippen LogP contribution in [-0.2, 0) is 20.0 Å². The minimum Gasteiger partial charge on any atom is -0.312 e. The van der Waals surface area contributed by atoms with Crippen LogP contribution in [0.5, 0.6) is 0 Å². The van der Waals surface area contributed by atoms with Gasteiger partial charge in [-0.15, -0.1) is 11.6 Å². The number of hydrogen-bond donors (Lipinski definition) is 0. The van der Waals surface area contributed by atoms with E-state index < -0.39 is 0 Å². The van der Waals surface area contributed by atoms with Crippen LogP contribution < -0.4 is 0 Å². The summed E-state index contributed by atoms with van der Waals surface area (Å²) in [5.41, 5.74) is 3.11. The number of fused-ring (bicyclic) bond motifs is 1. The standard InChI is InChI=1S/C15H26ClN5/c1-5-9-20(6-2)10-11-21-13(7-8-16)17-14-12(3)18-19(4)15(14)21/h5-11H2,1-4H3. The van der Waals surface area contributed by atoms with Crippen molar-refractivity contribution < 1.29 is 0 Å². The van der Waals surface area contributed by atoms with Gasteiger partial charge in [0.2, 0.25) is 0 Å². The Morgan fingerprint density at radius 1 is 1.24 bits per heavy atom. The molecule has 118 valence electrons. The summed E-state index contributed by atoms with van der Waals surface area (Å²) < 4.78 is 4.22. The lowest BCUT2D eigenvalue weighted by Gasteiger charge is -2.20. The highest BCUT2D eigenvalue weighted by Crippen LogP contribution is 2.19. The highest BCUT2D eigenvalue weighted by Gasteiger charge is 2.17. The average molecular weight is 312 g/mol. The van der Waals surface area contributed by atoms with Crippen LogP contribution in [0.4, 0.5) is 0 Å². The van der Waals surface area contributed by atoms with Crippen molar-refractivity contribution in [3.05, 3.63) is 11.5 Å². The molecule has 0 saturated heterocycles. The normalized spacial score (nSPS) is 11.9. The summed E-state index contributed by atoms with van der Waals surface area (Å²) >= 11 is 5.94. The molecule has 0 bridgehead atoms. The van der Waals surface area contributed by atoms with Crippen LogP contribution in [0, 0.1) is 6.92 Å². The molecule has 2 aromatic heterocycles. The quantitative estimate of drug-likeness (QED) is 0.703. The van der Waals surface area contributed by atoms with E-state index in [2.05, 4.69) is 28.4 Å². The van der Waals surface area contributed by atoms with E-state index in [9.17, 15) is 0 Å². The van der Waals surface area contributed by atoms with Crippen LogP contribution in [0.3, 0.4) is 0 Å². The number of likely N-dealkylation sites (N-methyl/N-ethyl adjacent to an activating group) is 1. The Kier molecular flexibility index (Phi) is 5.65. The van der Waals surface area contributed by atoms with Gasteiger partial charge in [0.15, 0.2) is 5.65 Å². The van der Waals surface area contributed by atoms with Gasteiger partial charge in [0.05, 0.1) is 5.69 Å². The second-order valence-electron chi connectivity index (χ2n) is 5.43. The van der Waals surface area contributed by atoms with E-state index >= 15 is 0 Å². The first-order valence-electron chi connectivity index (χ1n) is 7.79. The van der Waals surface area contributed by atoms with E-state index in [1.165, 1.54) is 6.42 Å². The maximum absolute atomic E-state index is 5.94. The number of hydrogen-bond acceptors (Lipinski definition) is 3. The molecule has 0 fully saturated rings. The van der Waals surface area contributed by atoms with Crippen molar-refractivity contribution in [2.75, 3.05) is 25.5 Å². The number of rotatable bonds is 8. The van der Waals surface area contributed by atoms with Gasteiger partial charge < -0.3 is 9.47 Å². The molecule has 2 heterocycles. The van der Waals surface area contributed by atoms with E-state index in [1.54, 1.807) is 0 Å². The van der Waals surface area contributed by atoms with Crippen molar-refractivity contribution in [2.24, 2.45) is 7.05 Å². The zero-order valence-electron chi connectivity index (χ0n) is 13.6. The molecule has 2 rings (SSSR count). The zero-order chi connectivity index (χ0) is 15.4. The number of alkyl halides is 1. The first-order chi connectivity index (χ1) is 10.1. The maximum atomic E-state index is 5.94. The lowest BCUT2D eigenvalue weighted by molar-refractivity contribution is 0.276. The van der Waals surface area contributed by atoms with Crippen molar-refractivity contribution in [3.8, 4) is 0 Å². The molecule has 0 N–H and O–H groups in total. The van der Waals surface area contributed by atoms with Crippen LogP contribution in [-0.4, -0.2) is 49.7 Å². The Labute approximate surface area is 131 Å². The van der Waals surface area contributed by atoms with Gasteiger partial charge in [-0.25, -0.2) is 4.98 Å². The second-order valence-corrected chi connectivity index (χ2v) is 5.81. The average Bonchev–Trinajstić information content (AvgIpc) is 2.94. The van der Waals surface area contributed by atoms with Crippen molar-refractivity contribution >= 4 is 22.8 Å². The third-order valence-corrected chi connectivity index (χ3v) is 4.10. The Morgan fingerprint density at radius 3 is 2.62 bits per heavy atom. The molecule has 0 aliphatic rings. The second kappa shape index (κ2) is 7.27. The van der Waals surface area contributed by atoms with Gasteiger partial charge in [-0.05, 0) is 26.4 Å². The number of imidazole rings is 1. The van der Waals surface area contributed by atoms with Crippen molar-refractivity contribution in [1.29, 1.82) is 0 Å². The van der Waals surface area contributed by atoms with Gasteiger partial charge in [0.1, 0.15) is 11.3 Å². The molecular formula is C15H26ClN5. The molecule has 2 aromatic rings. The van der Waals surface area contributed by atoms with Crippen LogP contribution in [0.1, 0.15) is 31.8 Å². The summed E-state index contributed by atoms with van der Waals surface area (Å²) in [6, 6.07) is 0. The van der Waals surface area contributed by atoms with E-state index in [-0.39, 0.29) is 0 Å². The highest BCUT2D eigenvalue weighted by atomic mass is 35.5. The topological polar surface area (TPSA) is 38.9 Å². The fraction of sp³-hybridized carbons (Fsp3) is 0.733. The van der Waals surface area contributed by atoms with Gasteiger partial charge in [-0.2, -0.15) is 5.10 Å². The van der Waals surface area contributed by atoms with E-state index in [0.29, 0.717) is 5.88 Å². The lowest BCUT2D eigenvalue weighted by atomic mass is 10.4. The molecule has 0 spiro atoms. The number of aryl methyl sites for hydroxylation is 3. The fourth-order valence-electron chi connectivity index (χ4n) is 2.88. The number of halogens is 1. The van der Waals surface area contributed by atoms with Crippen molar-refractivity contribution in [1.82, 2.24) is 24.2 Å². The molecule has 0 unspecified atom stereocenters. The molecule has 0 aliphatic heterocycles. The molecule has 0 aliphatic carbocycles. The predicted molar refractivity (Wildman–Crippen MR) is 88.1 cm³/mol. The molecule has 21 heavy (non-hydrogen) atoms. The molecule has 0 aromatic carbocycles. The SMILES string of the molecule is CCCN(CC)CCn1c(CCCl)nc2c(C)nn(C)c21. The summed E-state index contributed by atoms with van der Waals surface area (Å²) in [5.74, 6) is 1.67. The van der Waals surface area contributed by atoms with Crippen LogP contribution >= 0.6 is 11.6 Å². The first-order valence-corrected chi connectivity index (χ1v) is 8.32. The van der Waals surface area contributed by atoms with Crippen LogP contribution in [0.15, 0.2) is 0 Å². The van der Waals surface area contributed by atoms with Crippen LogP contribution in [0.2, 0.25) is 0 Å². The third-order valence-electron chi connectivity index (χ3n) is 3.91. The Hall–Kier alpha value is -1.07. The Morgan fingerprint density at radius 2 is 2.00 bits per heavy atom.